The molecule has 0 atom stereocenters. The standard InChI is InChI=1S/C17H19NO3/c1-12-11-18(20)9-8-15(12)13-6-5-7-14(10-13)16(19)21-17(2,3)4/h5-11H,1-4H3. The molecule has 0 unspecified atom stereocenters. The number of ether oxygens (including phenoxy) is 1. The van der Waals surface area contributed by atoms with Crippen LogP contribution in [-0.2, 0) is 4.74 Å². The van der Waals surface area contributed by atoms with Crippen LogP contribution in [0.2, 0.25) is 0 Å². The van der Waals surface area contributed by atoms with Gasteiger partial charge in [0.1, 0.15) is 5.60 Å². The minimum absolute atomic E-state index is 0.350. The minimum atomic E-state index is -0.524. The first-order valence-electron chi connectivity index (χ1n) is 6.79. The van der Waals surface area contributed by atoms with Crippen LogP contribution in [0.4, 0.5) is 0 Å². The number of hydrogen-bond acceptors (Lipinski definition) is 3. The molecule has 1 heterocycles. The number of aryl methyl sites for hydroxylation is 1. The number of carbonyl (C=O) groups excluding carboxylic acids is 1. The topological polar surface area (TPSA) is 53.2 Å². The third-order valence-electron chi connectivity index (χ3n) is 2.94. The average Bonchev–Trinajstić information content (AvgIpc) is 2.37. The molecule has 0 saturated heterocycles. The highest BCUT2D eigenvalue weighted by molar-refractivity contribution is 5.91. The fourth-order valence-corrected chi connectivity index (χ4v) is 2.06. The Morgan fingerprint density at radius 3 is 2.57 bits per heavy atom. The van der Waals surface area contributed by atoms with E-state index in [0.29, 0.717) is 5.56 Å². The van der Waals surface area contributed by atoms with Gasteiger partial charge >= 0.3 is 5.97 Å². The van der Waals surface area contributed by atoms with Gasteiger partial charge in [-0.1, -0.05) is 12.1 Å². The molecule has 21 heavy (non-hydrogen) atoms. The van der Waals surface area contributed by atoms with Crippen molar-refractivity contribution in [2.45, 2.75) is 33.3 Å². The van der Waals surface area contributed by atoms with Crippen molar-refractivity contribution >= 4 is 5.97 Å². The Bertz CT molecular complexity index is 672. The van der Waals surface area contributed by atoms with Crippen molar-refractivity contribution in [2.24, 2.45) is 0 Å². The molecule has 0 amide bonds. The lowest BCUT2D eigenvalue weighted by molar-refractivity contribution is -0.605. The van der Waals surface area contributed by atoms with Crippen LogP contribution in [0.1, 0.15) is 36.7 Å². The summed E-state index contributed by atoms with van der Waals surface area (Å²) in [6, 6.07) is 8.98. The van der Waals surface area contributed by atoms with Crippen LogP contribution in [0.25, 0.3) is 11.1 Å². The van der Waals surface area contributed by atoms with Gasteiger partial charge in [0.15, 0.2) is 12.4 Å². The Balaban J connectivity index is 2.36. The number of esters is 1. The number of benzene rings is 1. The quantitative estimate of drug-likeness (QED) is 0.483. The highest BCUT2D eigenvalue weighted by Gasteiger charge is 2.18. The molecule has 2 rings (SSSR count). The lowest BCUT2D eigenvalue weighted by atomic mass is 10.0. The summed E-state index contributed by atoms with van der Waals surface area (Å²) in [5, 5.41) is 11.2. The molecule has 4 heteroatoms. The van der Waals surface area contributed by atoms with Crippen molar-refractivity contribution in [1.82, 2.24) is 0 Å². The van der Waals surface area contributed by atoms with Gasteiger partial charge in [-0.3, -0.25) is 0 Å². The van der Waals surface area contributed by atoms with Crippen LogP contribution in [0.5, 0.6) is 0 Å². The Labute approximate surface area is 124 Å². The first-order chi connectivity index (χ1) is 9.76. The second kappa shape index (κ2) is 5.56. The van der Waals surface area contributed by atoms with Crippen molar-refractivity contribution in [3.8, 4) is 11.1 Å². The van der Waals surface area contributed by atoms with E-state index >= 15 is 0 Å². The minimum Gasteiger partial charge on any atom is -0.619 e. The second-order valence-corrected chi connectivity index (χ2v) is 5.98. The number of pyridine rings is 1. The lowest BCUT2D eigenvalue weighted by Crippen LogP contribution is -2.24. The second-order valence-electron chi connectivity index (χ2n) is 5.98. The van der Waals surface area contributed by atoms with Gasteiger partial charge in [0.05, 0.1) is 5.56 Å². The van der Waals surface area contributed by atoms with Crippen molar-refractivity contribution in [3.63, 3.8) is 0 Å². The van der Waals surface area contributed by atoms with Gasteiger partial charge in [-0.25, -0.2) is 4.79 Å². The lowest BCUT2D eigenvalue weighted by Gasteiger charge is -2.19. The number of hydrogen-bond donors (Lipinski definition) is 0. The predicted octanol–water partition coefficient (Wildman–Crippen LogP) is 3.25. The maximum absolute atomic E-state index is 12.1. The third kappa shape index (κ3) is 3.81. The smallest absolute Gasteiger partial charge is 0.338 e. The van der Waals surface area contributed by atoms with Gasteiger partial charge in [0, 0.05) is 11.6 Å². The summed E-state index contributed by atoms with van der Waals surface area (Å²) < 4.78 is 6.13. The number of aromatic nitrogens is 1. The maximum atomic E-state index is 12.1. The van der Waals surface area contributed by atoms with Crippen molar-refractivity contribution < 1.29 is 14.3 Å². The van der Waals surface area contributed by atoms with Crippen molar-refractivity contribution in [1.29, 1.82) is 0 Å². The van der Waals surface area contributed by atoms with E-state index in [2.05, 4.69) is 0 Å². The fraction of sp³-hybridized carbons (Fsp3) is 0.294. The zero-order chi connectivity index (χ0) is 15.6. The third-order valence-corrected chi connectivity index (χ3v) is 2.94. The molecule has 0 aliphatic rings. The summed E-state index contributed by atoms with van der Waals surface area (Å²) in [5.74, 6) is -0.350. The molecule has 110 valence electrons. The summed E-state index contributed by atoms with van der Waals surface area (Å²) in [5.41, 5.74) is 2.64. The van der Waals surface area contributed by atoms with Gasteiger partial charge in [-0.15, -0.1) is 0 Å². The number of nitrogens with zero attached hydrogens (tertiary/aromatic N) is 1. The first kappa shape index (κ1) is 15.0. The van der Waals surface area contributed by atoms with Gasteiger partial charge in [0.2, 0.25) is 0 Å². The fourth-order valence-electron chi connectivity index (χ4n) is 2.06. The molecule has 0 radical (unpaired) electrons. The van der Waals surface area contributed by atoms with Gasteiger partial charge in [-0.05, 0) is 51.0 Å². The molecule has 1 aromatic heterocycles. The number of carbonyl (C=O) groups is 1. The van der Waals surface area contributed by atoms with Gasteiger partial charge in [-0.2, -0.15) is 4.73 Å². The summed E-state index contributed by atoms with van der Waals surface area (Å²) >= 11 is 0. The molecule has 0 spiro atoms. The molecule has 1 aromatic carbocycles. The van der Waals surface area contributed by atoms with Crippen LogP contribution >= 0.6 is 0 Å². The Kier molecular flexibility index (Phi) is 3.98. The van der Waals surface area contributed by atoms with Crippen LogP contribution in [0.3, 0.4) is 0 Å². The summed E-state index contributed by atoms with van der Waals surface area (Å²) in [6.45, 7) is 7.37. The monoisotopic (exact) mass is 285 g/mol. The molecule has 4 nitrogen and oxygen atoms in total. The maximum Gasteiger partial charge on any atom is 0.338 e. The van der Waals surface area contributed by atoms with E-state index in [1.165, 1.54) is 12.4 Å². The average molecular weight is 285 g/mol. The Morgan fingerprint density at radius 1 is 1.24 bits per heavy atom. The Morgan fingerprint density at radius 2 is 1.95 bits per heavy atom. The SMILES string of the molecule is Cc1c[n+]([O-])ccc1-c1cccc(C(=O)OC(C)(C)C)c1. The summed E-state index contributed by atoms with van der Waals surface area (Å²) in [7, 11) is 0. The van der Waals surface area contributed by atoms with Gasteiger partial charge < -0.3 is 9.94 Å². The largest absolute Gasteiger partial charge is 0.619 e. The zero-order valence-corrected chi connectivity index (χ0v) is 12.7. The molecule has 0 fully saturated rings. The molecule has 0 aliphatic heterocycles. The van der Waals surface area contributed by atoms with Crippen LogP contribution < -0.4 is 4.73 Å². The first-order valence-corrected chi connectivity index (χ1v) is 6.79. The van der Waals surface area contributed by atoms with Crippen molar-refractivity contribution in [2.75, 3.05) is 0 Å². The van der Waals surface area contributed by atoms with E-state index in [1.54, 1.807) is 18.2 Å². The van der Waals surface area contributed by atoms with E-state index in [9.17, 15) is 10.0 Å². The predicted molar refractivity (Wildman–Crippen MR) is 80.7 cm³/mol. The van der Waals surface area contributed by atoms with E-state index in [-0.39, 0.29) is 5.97 Å². The molecule has 0 aliphatic carbocycles. The summed E-state index contributed by atoms with van der Waals surface area (Å²) in [4.78, 5) is 12.1. The van der Waals surface area contributed by atoms with E-state index in [0.717, 1.165) is 21.4 Å². The molecule has 0 saturated carbocycles. The molecular formula is C17H19NO3. The van der Waals surface area contributed by atoms with Crippen LogP contribution in [0.15, 0.2) is 42.7 Å². The van der Waals surface area contributed by atoms with E-state index < -0.39 is 5.60 Å². The van der Waals surface area contributed by atoms with Crippen LogP contribution in [0, 0.1) is 12.1 Å². The summed E-state index contributed by atoms with van der Waals surface area (Å²) in [6.07, 6.45) is 2.96. The Hall–Kier alpha value is -2.36. The van der Waals surface area contributed by atoms with Crippen molar-refractivity contribution in [3.05, 3.63) is 59.1 Å². The molecule has 2 aromatic rings. The molecule has 0 N–H and O–H groups in total. The molecule has 0 bridgehead atoms. The highest BCUT2D eigenvalue weighted by Crippen LogP contribution is 2.23. The highest BCUT2D eigenvalue weighted by atomic mass is 16.6. The normalized spacial score (nSPS) is 11.2. The van der Waals surface area contributed by atoms with E-state index in [1.807, 2.05) is 39.8 Å². The number of rotatable bonds is 2. The molecular weight excluding hydrogens is 266 g/mol. The van der Waals surface area contributed by atoms with Gasteiger partial charge in [0.25, 0.3) is 0 Å². The zero-order valence-electron chi connectivity index (χ0n) is 12.7. The van der Waals surface area contributed by atoms with E-state index in [4.69, 9.17) is 4.74 Å². The van der Waals surface area contributed by atoms with Crippen LogP contribution in [-0.4, -0.2) is 11.6 Å².